The molecule has 0 aromatic carbocycles. The van der Waals surface area contributed by atoms with Crippen molar-refractivity contribution in [2.24, 2.45) is 16.7 Å². The summed E-state index contributed by atoms with van der Waals surface area (Å²) < 4.78 is 0. The van der Waals surface area contributed by atoms with Crippen molar-refractivity contribution in [3.05, 3.63) is 16.0 Å². The maximum absolute atomic E-state index is 13.1. The Morgan fingerprint density at radius 2 is 1.66 bits per heavy atom. The molecule has 0 aliphatic heterocycles. The zero-order chi connectivity index (χ0) is 21.2. The van der Waals surface area contributed by atoms with Gasteiger partial charge in [0.25, 0.3) is 5.91 Å². The largest absolute Gasteiger partial charge is 0.352 e. The molecular formula is C24H38N2O2S. The van der Waals surface area contributed by atoms with Crippen LogP contribution in [0.4, 0.5) is 5.00 Å². The van der Waals surface area contributed by atoms with Gasteiger partial charge in [0, 0.05) is 17.3 Å². The quantitative estimate of drug-likeness (QED) is 0.487. The molecule has 162 valence electrons. The smallest absolute Gasteiger partial charge is 0.254 e. The molecule has 2 aliphatic carbocycles. The highest BCUT2D eigenvalue weighted by Crippen LogP contribution is 2.68. The number of aryl methyl sites for hydroxylation is 1. The normalized spacial score (nSPS) is 19.5. The molecule has 4 nitrogen and oxygen atoms in total. The lowest BCUT2D eigenvalue weighted by Gasteiger charge is -2.13. The zero-order valence-corrected chi connectivity index (χ0v) is 19.7. The molecule has 2 amide bonds. The van der Waals surface area contributed by atoms with Gasteiger partial charge in [-0.3, -0.25) is 9.59 Å². The van der Waals surface area contributed by atoms with Crippen molar-refractivity contribution in [2.75, 3.05) is 11.9 Å². The van der Waals surface area contributed by atoms with Crippen molar-refractivity contribution in [3.63, 3.8) is 0 Å². The molecule has 0 unspecified atom stereocenters. The highest BCUT2D eigenvalue weighted by molar-refractivity contribution is 7.17. The summed E-state index contributed by atoms with van der Waals surface area (Å²) in [4.78, 5) is 27.4. The van der Waals surface area contributed by atoms with Gasteiger partial charge in [-0.2, -0.15) is 0 Å². The monoisotopic (exact) mass is 418 g/mol. The third-order valence-electron chi connectivity index (χ3n) is 7.48. The van der Waals surface area contributed by atoms with Crippen molar-refractivity contribution in [3.8, 4) is 0 Å². The fourth-order valence-corrected chi connectivity index (χ4v) is 6.24. The van der Waals surface area contributed by atoms with E-state index in [1.54, 1.807) is 11.3 Å². The SMILES string of the molecule is CCCCCCCNC(=O)c1c(NC(=O)C2C(C)(C)C2(C)C)sc2c1CCCC2. The summed E-state index contributed by atoms with van der Waals surface area (Å²) in [6, 6.07) is 0. The van der Waals surface area contributed by atoms with Gasteiger partial charge in [0.05, 0.1) is 5.56 Å². The second kappa shape index (κ2) is 8.79. The van der Waals surface area contributed by atoms with Gasteiger partial charge in [-0.15, -0.1) is 11.3 Å². The summed E-state index contributed by atoms with van der Waals surface area (Å²) >= 11 is 1.62. The van der Waals surface area contributed by atoms with Crippen LogP contribution in [0.5, 0.6) is 0 Å². The average Bonchev–Trinajstić information content (AvgIpc) is 2.92. The zero-order valence-electron chi connectivity index (χ0n) is 18.9. The molecule has 0 spiro atoms. The maximum Gasteiger partial charge on any atom is 0.254 e. The number of amides is 2. The van der Waals surface area contributed by atoms with Crippen LogP contribution in [-0.2, 0) is 17.6 Å². The second-order valence-corrected chi connectivity index (χ2v) is 11.1. The fourth-order valence-electron chi connectivity index (χ4n) is 4.95. The summed E-state index contributed by atoms with van der Waals surface area (Å²) in [5.41, 5.74) is 1.90. The lowest BCUT2D eigenvalue weighted by molar-refractivity contribution is -0.118. The van der Waals surface area contributed by atoms with Crippen LogP contribution in [0.25, 0.3) is 0 Å². The molecule has 5 heteroatoms. The molecule has 3 rings (SSSR count). The van der Waals surface area contributed by atoms with Crippen LogP contribution in [-0.4, -0.2) is 18.4 Å². The number of nitrogens with one attached hydrogen (secondary N) is 2. The molecule has 2 N–H and O–H groups in total. The molecule has 0 bridgehead atoms. The molecule has 0 atom stereocenters. The van der Waals surface area contributed by atoms with Gasteiger partial charge in [0.2, 0.25) is 5.91 Å². The molecule has 1 saturated carbocycles. The van der Waals surface area contributed by atoms with Crippen molar-refractivity contribution in [1.82, 2.24) is 5.32 Å². The lowest BCUT2D eigenvalue weighted by Crippen LogP contribution is -2.27. The Balaban J connectivity index is 1.70. The first-order valence-electron chi connectivity index (χ1n) is 11.5. The molecule has 1 heterocycles. The van der Waals surface area contributed by atoms with Gasteiger partial charge in [0.15, 0.2) is 0 Å². The number of hydrogen-bond donors (Lipinski definition) is 2. The summed E-state index contributed by atoms with van der Waals surface area (Å²) in [6.45, 7) is 11.5. The highest BCUT2D eigenvalue weighted by Gasteiger charge is 2.68. The summed E-state index contributed by atoms with van der Waals surface area (Å²) in [5.74, 6) is 0.0420. The van der Waals surface area contributed by atoms with Crippen LogP contribution >= 0.6 is 11.3 Å². The van der Waals surface area contributed by atoms with Crippen LogP contribution in [0.15, 0.2) is 0 Å². The van der Waals surface area contributed by atoms with Crippen LogP contribution < -0.4 is 10.6 Å². The van der Waals surface area contributed by atoms with Crippen LogP contribution in [0, 0.1) is 16.7 Å². The van der Waals surface area contributed by atoms with E-state index in [0.29, 0.717) is 6.54 Å². The van der Waals surface area contributed by atoms with Crippen molar-refractivity contribution >= 4 is 28.2 Å². The van der Waals surface area contributed by atoms with Gasteiger partial charge >= 0.3 is 0 Å². The van der Waals surface area contributed by atoms with Gasteiger partial charge in [-0.25, -0.2) is 0 Å². The van der Waals surface area contributed by atoms with E-state index in [1.807, 2.05) is 0 Å². The Bertz CT molecular complexity index is 749. The van der Waals surface area contributed by atoms with Crippen LogP contribution in [0.1, 0.15) is 100 Å². The first kappa shape index (κ1) is 22.3. The number of unbranched alkanes of at least 4 members (excludes halogenated alkanes) is 4. The van der Waals surface area contributed by atoms with Crippen molar-refractivity contribution < 1.29 is 9.59 Å². The van der Waals surface area contributed by atoms with Crippen LogP contribution in [0.2, 0.25) is 0 Å². The fraction of sp³-hybridized carbons (Fsp3) is 0.750. The molecular weight excluding hydrogens is 380 g/mol. The van der Waals surface area contributed by atoms with E-state index in [9.17, 15) is 9.59 Å². The Morgan fingerprint density at radius 3 is 2.31 bits per heavy atom. The third kappa shape index (κ3) is 4.40. The number of carbonyl (C=O) groups is 2. The van der Waals surface area contributed by atoms with E-state index in [4.69, 9.17) is 0 Å². The van der Waals surface area contributed by atoms with E-state index in [1.165, 1.54) is 36.1 Å². The van der Waals surface area contributed by atoms with Gasteiger partial charge in [-0.05, 0) is 48.5 Å². The summed E-state index contributed by atoms with van der Waals surface area (Å²) in [6.07, 6.45) is 10.2. The predicted octanol–water partition coefficient (Wildman–Crippen LogP) is 5.95. The minimum Gasteiger partial charge on any atom is -0.352 e. The van der Waals surface area contributed by atoms with Gasteiger partial charge < -0.3 is 10.6 Å². The molecule has 0 saturated heterocycles. The first-order chi connectivity index (χ1) is 13.7. The average molecular weight is 419 g/mol. The van der Waals surface area contributed by atoms with E-state index >= 15 is 0 Å². The van der Waals surface area contributed by atoms with E-state index in [-0.39, 0.29) is 28.6 Å². The first-order valence-corrected chi connectivity index (χ1v) is 12.3. The number of fused-ring (bicyclic) bond motifs is 1. The number of rotatable bonds is 9. The Labute approximate surface area is 180 Å². The number of hydrogen-bond acceptors (Lipinski definition) is 3. The molecule has 2 aliphatic rings. The summed E-state index contributed by atoms with van der Waals surface area (Å²) in [7, 11) is 0. The molecule has 1 aromatic rings. The second-order valence-electron chi connectivity index (χ2n) is 9.95. The van der Waals surface area contributed by atoms with Gasteiger partial charge in [0.1, 0.15) is 5.00 Å². The predicted molar refractivity (Wildman–Crippen MR) is 122 cm³/mol. The number of carbonyl (C=O) groups excluding carboxylic acids is 2. The lowest BCUT2D eigenvalue weighted by atomic mass is 9.95. The summed E-state index contributed by atoms with van der Waals surface area (Å²) in [5, 5.41) is 7.05. The number of anilines is 1. The topological polar surface area (TPSA) is 58.2 Å². The van der Waals surface area contributed by atoms with Crippen molar-refractivity contribution in [2.45, 2.75) is 92.4 Å². The number of thiophene rings is 1. The molecule has 1 fully saturated rings. The Kier molecular flexibility index (Phi) is 6.77. The third-order valence-corrected chi connectivity index (χ3v) is 8.69. The van der Waals surface area contributed by atoms with Gasteiger partial charge in [-0.1, -0.05) is 60.3 Å². The minimum absolute atomic E-state index is 0.00509. The van der Waals surface area contributed by atoms with E-state index in [2.05, 4.69) is 45.3 Å². The Morgan fingerprint density at radius 1 is 1.00 bits per heavy atom. The highest BCUT2D eigenvalue weighted by atomic mass is 32.1. The van der Waals surface area contributed by atoms with E-state index in [0.717, 1.165) is 42.7 Å². The molecule has 29 heavy (non-hydrogen) atoms. The molecule has 0 radical (unpaired) electrons. The van der Waals surface area contributed by atoms with Crippen LogP contribution in [0.3, 0.4) is 0 Å². The Hall–Kier alpha value is -1.36. The standard InChI is InChI=1S/C24H38N2O2S/c1-6-7-8-9-12-15-25-20(27)18-16-13-10-11-14-17(16)29-22(18)26-21(28)19-23(2,3)24(19,4)5/h19H,6-15H2,1-5H3,(H,25,27)(H,26,28). The minimum atomic E-state index is -0.0106. The van der Waals surface area contributed by atoms with E-state index < -0.39 is 0 Å². The maximum atomic E-state index is 13.1. The molecule has 1 aromatic heterocycles. The van der Waals surface area contributed by atoms with Crippen molar-refractivity contribution in [1.29, 1.82) is 0 Å².